The lowest BCUT2D eigenvalue weighted by Crippen LogP contribution is -2.47. The van der Waals surface area contributed by atoms with Crippen molar-refractivity contribution in [2.75, 3.05) is 6.54 Å². The number of rotatable bonds is 3. The predicted molar refractivity (Wildman–Crippen MR) is 66.6 cm³/mol. The normalized spacial score (nSPS) is 18.2. The summed E-state index contributed by atoms with van der Waals surface area (Å²) < 4.78 is 13.2. The van der Waals surface area contributed by atoms with E-state index in [0.29, 0.717) is 19.4 Å². The second-order valence-electron chi connectivity index (χ2n) is 4.47. The Labute approximate surface area is 113 Å². The van der Waals surface area contributed by atoms with Crippen LogP contribution in [0.1, 0.15) is 23.2 Å². The van der Waals surface area contributed by atoms with E-state index in [9.17, 15) is 24.1 Å². The molecule has 1 saturated heterocycles. The molecule has 1 aromatic rings. The molecule has 2 amide bonds. The third kappa shape index (κ3) is 3.28. The van der Waals surface area contributed by atoms with Crippen LogP contribution in [0.25, 0.3) is 0 Å². The molecule has 20 heavy (non-hydrogen) atoms. The molecule has 1 atom stereocenters. The highest BCUT2D eigenvalue weighted by Crippen LogP contribution is 2.16. The maximum atomic E-state index is 13.2. The molecule has 2 N–H and O–H groups in total. The predicted octanol–water partition coefficient (Wildman–Crippen LogP) is 0.742. The number of nitro benzene ring substituents is 1. The number of carbonyl (C=O) groups excluding carboxylic acids is 2. The summed E-state index contributed by atoms with van der Waals surface area (Å²) in [5.41, 5.74) is -0.597. The van der Waals surface area contributed by atoms with Crippen LogP contribution in [0.5, 0.6) is 0 Å². The van der Waals surface area contributed by atoms with Gasteiger partial charge in [-0.2, -0.15) is 0 Å². The number of non-ortho nitro benzene ring substituents is 1. The Morgan fingerprint density at radius 2 is 2.20 bits per heavy atom. The first-order chi connectivity index (χ1) is 9.45. The quantitative estimate of drug-likeness (QED) is 0.630. The van der Waals surface area contributed by atoms with Crippen molar-refractivity contribution in [3.8, 4) is 0 Å². The molecule has 1 unspecified atom stereocenters. The van der Waals surface area contributed by atoms with Gasteiger partial charge in [-0.15, -0.1) is 0 Å². The van der Waals surface area contributed by atoms with Crippen molar-refractivity contribution in [2.45, 2.75) is 18.9 Å². The lowest BCUT2D eigenvalue weighted by Gasteiger charge is -2.23. The molecule has 0 radical (unpaired) electrons. The van der Waals surface area contributed by atoms with Gasteiger partial charge in [-0.25, -0.2) is 4.39 Å². The first kappa shape index (κ1) is 13.9. The van der Waals surface area contributed by atoms with Crippen LogP contribution in [0.3, 0.4) is 0 Å². The topological polar surface area (TPSA) is 101 Å². The summed E-state index contributed by atoms with van der Waals surface area (Å²) >= 11 is 0. The van der Waals surface area contributed by atoms with Gasteiger partial charge in [-0.3, -0.25) is 19.7 Å². The zero-order valence-corrected chi connectivity index (χ0v) is 10.4. The average molecular weight is 281 g/mol. The van der Waals surface area contributed by atoms with Gasteiger partial charge in [-0.05, 0) is 12.5 Å². The molecular weight excluding hydrogens is 269 g/mol. The Balaban J connectivity index is 2.09. The second-order valence-corrected chi connectivity index (χ2v) is 4.47. The van der Waals surface area contributed by atoms with Gasteiger partial charge in [-0.1, -0.05) is 0 Å². The number of benzene rings is 1. The van der Waals surface area contributed by atoms with Crippen LogP contribution in [-0.4, -0.2) is 29.3 Å². The van der Waals surface area contributed by atoms with E-state index >= 15 is 0 Å². The lowest BCUT2D eigenvalue weighted by molar-refractivity contribution is -0.385. The summed E-state index contributed by atoms with van der Waals surface area (Å²) in [5, 5.41) is 15.8. The zero-order valence-electron chi connectivity index (χ0n) is 10.4. The van der Waals surface area contributed by atoms with E-state index in [1.54, 1.807) is 0 Å². The smallest absolute Gasteiger partial charge is 0.273 e. The number of nitrogens with one attached hydrogen (secondary N) is 2. The molecule has 7 nitrogen and oxygen atoms in total. The van der Waals surface area contributed by atoms with Gasteiger partial charge >= 0.3 is 0 Å². The molecule has 2 rings (SSSR count). The van der Waals surface area contributed by atoms with Crippen LogP contribution in [0, 0.1) is 15.9 Å². The fraction of sp³-hybridized carbons (Fsp3) is 0.333. The molecule has 0 bridgehead atoms. The monoisotopic (exact) mass is 281 g/mol. The molecular formula is C12H12FN3O4. The van der Waals surface area contributed by atoms with E-state index in [0.717, 1.165) is 18.2 Å². The molecule has 106 valence electrons. The van der Waals surface area contributed by atoms with Gasteiger partial charge in [0.25, 0.3) is 11.6 Å². The fourth-order valence-corrected chi connectivity index (χ4v) is 1.94. The number of amides is 2. The van der Waals surface area contributed by atoms with Crippen LogP contribution in [-0.2, 0) is 4.79 Å². The van der Waals surface area contributed by atoms with E-state index in [-0.39, 0.29) is 17.5 Å². The third-order valence-electron chi connectivity index (χ3n) is 2.96. The molecule has 8 heteroatoms. The van der Waals surface area contributed by atoms with Crippen LogP contribution in [0.4, 0.5) is 10.1 Å². The minimum absolute atomic E-state index is 0.0862. The molecule has 1 aliphatic heterocycles. The average Bonchev–Trinajstić information content (AvgIpc) is 2.40. The number of carbonyl (C=O) groups is 2. The summed E-state index contributed by atoms with van der Waals surface area (Å²) in [7, 11) is 0. The van der Waals surface area contributed by atoms with E-state index in [2.05, 4.69) is 10.6 Å². The summed E-state index contributed by atoms with van der Waals surface area (Å²) in [5.74, 6) is -1.54. The largest absolute Gasteiger partial charge is 0.354 e. The lowest BCUT2D eigenvalue weighted by atomic mass is 10.1. The Bertz CT molecular complexity index is 566. The Kier molecular flexibility index (Phi) is 3.92. The van der Waals surface area contributed by atoms with Gasteiger partial charge in [0.1, 0.15) is 5.82 Å². The number of nitro groups is 1. The number of halogens is 1. The van der Waals surface area contributed by atoms with Crippen molar-refractivity contribution in [1.29, 1.82) is 0 Å². The first-order valence-corrected chi connectivity index (χ1v) is 5.98. The van der Waals surface area contributed by atoms with E-state index in [1.165, 1.54) is 0 Å². The summed E-state index contributed by atoms with van der Waals surface area (Å²) in [6, 6.07) is 2.43. The van der Waals surface area contributed by atoms with Gasteiger partial charge in [0.15, 0.2) is 0 Å². The molecule has 0 aromatic heterocycles. The highest BCUT2D eigenvalue weighted by molar-refractivity contribution is 5.95. The SMILES string of the molecule is O=C1CCC(NC(=O)c2cc(F)cc([N+](=O)[O-])c2)CN1. The maximum Gasteiger partial charge on any atom is 0.273 e. The van der Waals surface area contributed by atoms with Crippen molar-refractivity contribution < 1.29 is 18.9 Å². The van der Waals surface area contributed by atoms with E-state index in [1.807, 2.05) is 0 Å². The number of nitrogens with zero attached hydrogens (tertiary/aromatic N) is 1. The highest BCUT2D eigenvalue weighted by atomic mass is 19.1. The van der Waals surface area contributed by atoms with Crippen molar-refractivity contribution >= 4 is 17.5 Å². The summed E-state index contributed by atoms with van der Waals surface area (Å²) in [6.45, 7) is 0.294. The Morgan fingerprint density at radius 1 is 1.45 bits per heavy atom. The minimum Gasteiger partial charge on any atom is -0.354 e. The molecule has 1 aliphatic rings. The Hall–Kier alpha value is -2.51. The molecule has 1 aromatic carbocycles. The number of hydrogen-bond acceptors (Lipinski definition) is 4. The van der Waals surface area contributed by atoms with Gasteiger partial charge in [0.05, 0.1) is 11.0 Å². The second kappa shape index (κ2) is 5.64. The van der Waals surface area contributed by atoms with Crippen LogP contribution >= 0.6 is 0 Å². The minimum atomic E-state index is -0.846. The van der Waals surface area contributed by atoms with E-state index in [4.69, 9.17) is 0 Å². The highest BCUT2D eigenvalue weighted by Gasteiger charge is 2.21. The van der Waals surface area contributed by atoms with E-state index < -0.39 is 22.3 Å². The van der Waals surface area contributed by atoms with Crippen LogP contribution in [0.15, 0.2) is 18.2 Å². The molecule has 0 spiro atoms. The molecule has 1 heterocycles. The fourth-order valence-electron chi connectivity index (χ4n) is 1.94. The molecule has 0 saturated carbocycles. The third-order valence-corrected chi connectivity index (χ3v) is 2.96. The molecule has 1 fully saturated rings. The van der Waals surface area contributed by atoms with Gasteiger partial charge < -0.3 is 10.6 Å². The van der Waals surface area contributed by atoms with Crippen molar-refractivity contribution in [1.82, 2.24) is 10.6 Å². The van der Waals surface area contributed by atoms with Gasteiger partial charge in [0.2, 0.25) is 5.91 Å². The van der Waals surface area contributed by atoms with Crippen molar-refractivity contribution in [2.24, 2.45) is 0 Å². The van der Waals surface area contributed by atoms with Crippen LogP contribution in [0.2, 0.25) is 0 Å². The number of piperidine rings is 1. The number of hydrogen-bond donors (Lipinski definition) is 2. The standard InChI is InChI=1S/C12H12FN3O4/c13-8-3-7(4-10(5-8)16(19)20)12(18)15-9-1-2-11(17)14-6-9/h3-5,9H,1-2,6H2,(H,14,17)(H,15,18). The summed E-state index contributed by atoms with van der Waals surface area (Å²) in [6.07, 6.45) is 0.781. The van der Waals surface area contributed by atoms with Crippen LogP contribution < -0.4 is 10.6 Å². The maximum absolute atomic E-state index is 13.2. The van der Waals surface area contributed by atoms with Gasteiger partial charge in [0, 0.05) is 30.6 Å². The van der Waals surface area contributed by atoms with Crippen molar-refractivity contribution in [3.63, 3.8) is 0 Å². The Morgan fingerprint density at radius 3 is 2.80 bits per heavy atom. The first-order valence-electron chi connectivity index (χ1n) is 5.98. The van der Waals surface area contributed by atoms with Crippen molar-refractivity contribution in [3.05, 3.63) is 39.7 Å². The molecule has 0 aliphatic carbocycles. The summed E-state index contributed by atoms with van der Waals surface area (Å²) in [4.78, 5) is 32.7. The zero-order chi connectivity index (χ0) is 14.7.